The lowest BCUT2D eigenvalue weighted by atomic mass is 10.00. The van der Waals surface area contributed by atoms with Gasteiger partial charge < -0.3 is 10.6 Å². The normalized spacial score (nSPS) is 12.8. The molecule has 0 aliphatic heterocycles. The zero-order chi connectivity index (χ0) is 20.9. The number of amides is 1. The molecule has 0 saturated heterocycles. The molecule has 1 atom stereocenters. The summed E-state index contributed by atoms with van der Waals surface area (Å²) >= 11 is 6.07. The molecule has 0 aliphatic rings. The number of benzene rings is 2. The minimum atomic E-state index is -3.38. The fourth-order valence-electron chi connectivity index (χ4n) is 2.80. The van der Waals surface area contributed by atoms with Crippen molar-refractivity contribution in [3.63, 3.8) is 0 Å². The van der Waals surface area contributed by atoms with E-state index in [1.807, 2.05) is 6.92 Å². The van der Waals surface area contributed by atoms with Crippen LogP contribution in [0.25, 0.3) is 0 Å². The lowest BCUT2D eigenvalue weighted by Gasteiger charge is -2.15. The zero-order valence-corrected chi connectivity index (χ0v) is 18.2. The molecule has 2 N–H and O–H groups in total. The van der Waals surface area contributed by atoms with E-state index in [9.17, 15) is 13.2 Å². The number of carbonyl (C=O) groups excluding carboxylic acids is 1. The van der Waals surface area contributed by atoms with Gasteiger partial charge in [0, 0.05) is 12.3 Å². The summed E-state index contributed by atoms with van der Waals surface area (Å²) in [5, 5.41) is 6.12. The van der Waals surface area contributed by atoms with Gasteiger partial charge in [0.2, 0.25) is 5.91 Å². The van der Waals surface area contributed by atoms with Crippen molar-refractivity contribution >= 4 is 33.0 Å². The van der Waals surface area contributed by atoms with Crippen molar-refractivity contribution in [3.05, 3.63) is 58.6 Å². The van der Waals surface area contributed by atoms with E-state index in [1.165, 1.54) is 23.8 Å². The van der Waals surface area contributed by atoms with Crippen LogP contribution in [0.3, 0.4) is 0 Å². The number of rotatable bonds is 8. The predicted molar refractivity (Wildman–Crippen MR) is 115 cm³/mol. The molecular formula is C21H27ClN2O3S. The average molecular weight is 423 g/mol. The molecule has 0 fully saturated rings. The van der Waals surface area contributed by atoms with Crippen LogP contribution < -0.4 is 10.6 Å². The number of nitrogens with one attached hydrogen (secondary N) is 2. The fourth-order valence-corrected chi connectivity index (χ4v) is 3.61. The highest BCUT2D eigenvalue weighted by Gasteiger charge is 2.13. The number of carbonyl (C=O) groups is 1. The van der Waals surface area contributed by atoms with Crippen molar-refractivity contribution in [3.8, 4) is 0 Å². The van der Waals surface area contributed by atoms with E-state index in [4.69, 9.17) is 11.6 Å². The Morgan fingerprint density at radius 3 is 2.29 bits per heavy atom. The van der Waals surface area contributed by atoms with Crippen molar-refractivity contribution in [2.45, 2.75) is 38.1 Å². The third kappa shape index (κ3) is 6.62. The fraction of sp³-hybridized carbons (Fsp3) is 0.381. The summed E-state index contributed by atoms with van der Waals surface area (Å²) in [6.45, 7) is 6.44. The van der Waals surface area contributed by atoms with Crippen LogP contribution in [-0.2, 0) is 21.1 Å². The molecule has 0 heterocycles. The van der Waals surface area contributed by atoms with Crippen LogP contribution >= 0.6 is 11.6 Å². The van der Waals surface area contributed by atoms with Gasteiger partial charge in [0.05, 0.1) is 22.2 Å². The molecule has 28 heavy (non-hydrogen) atoms. The quantitative estimate of drug-likeness (QED) is 0.667. The minimum absolute atomic E-state index is 0.00308. The van der Waals surface area contributed by atoms with Gasteiger partial charge in [-0.25, -0.2) is 8.42 Å². The second-order valence-corrected chi connectivity index (χ2v) is 9.83. The van der Waals surface area contributed by atoms with Gasteiger partial charge in [0.25, 0.3) is 0 Å². The summed E-state index contributed by atoms with van der Waals surface area (Å²) in [7, 11) is -3.38. The first-order chi connectivity index (χ1) is 13.1. The first-order valence-electron chi connectivity index (χ1n) is 9.18. The van der Waals surface area contributed by atoms with Gasteiger partial charge in [-0.1, -0.05) is 49.7 Å². The van der Waals surface area contributed by atoms with Crippen molar-refractivity contribution in [2.24, 2.45) is 5.92 Å². The first kappa shape index (κ1) is 22.4. The van der Waals surface area contributed by atoms with Crippen molar-refractivity contribution in [1.29, 1.82) is 0 Å². The Kier molecular flexibility index (Phi) is 7.63. The molecule has 0 bridgehead atoms. The van der Waals surface area contributed by atoms with E-state index < -0.39 is 9.84 Å². The van der Waals surface area contributed by atoms with Gasteiger partial charge in [-0.05, 0) is 48.6 Å². The summed E-state index contributed by atoms with van der Waals surface area (Å²) in [5.74, 6) is 0.314. The molecule has 152 valence electrons. The van der Waals surface area contributed by atoms with Crippen LogP contribution in [0, 0.1) is 5.92 Å². The maximum Gasteiger partial charge on any atom is 0.238 e. The van der Waals surface area contributed by atoms with Crippen LogP contribution in [0.4, 0.5) is 5.69 Å². The third-order valence-corrected chi connectivity index (χ3v) is 5.77. The Labute approximate surface area is 172 Å². The van der Waals surface area contributed by atoms with E-state index in [1.54, 1.807) is 0 Å². The number of halogens is 1. The van der Waals surface area contributed by atoms with E-state index in [0.717, 1.165) is 18.2 Å². The molecule has 0 unspecified atom stereocenters. The Morgan fingerprint density at radius 2 is 1.71 bits per heavy atom. The van der Waals surface area contributed by atoms with Crippen molar-refractivity contribution in [2.75, 3.05) is 18.1 Å². The highest BCUT2D eigenvalue weighted by Crippen LogP contribution is 2.25. The maximum atomic E-state index is 12.3. The minimum Gasteiger partial charge on any atom is -0.324 e. The van der Waals surface area contributed by atoms with Gasteiger partial charge in [-0.2, -0.15) is 0 Å². The molecule has 0 aliphatic carbocycles. The number of hydrogen-bond donors (Lipinski definition) is 2. The lowest BCUT2D eigenvalue weighted by molar-refractivity contribution is -0.115. The van der Waals surface area contributed by atoms with E-state index in [-0.39, 0.29) is 34.1 Å². The van der Waals surface area contributed by atoms with Crippen molar-refractivity contribution in [1.82, 2.24) is 5.32 Å². The second kappa shape index (κ2) is 9.54. The second-order valence-electron chi connectivity index (χ2n) is 7.40. The molecule has 2 aromatic rings. The lowest BCUT2D eigenvalue weighted by Crippen LogP contribution is -2.30. The van der Waals surface area contributed by atoms with Crippen LogP contribution in [-0.4, -0.2) is 27.1 Å². The Hall–Kier alpha value is -1.89. The number of anilines is 1. The summed E-state index contributed by atoms with van der Waals surface area (Å²) in [4.78, 5) is 12.4. The third-order valence-electron chi connectivity index (χ3n) is 4.33. The van der Waals surface area contributed by atoms with E-state index >= 15 is 0 Å². The van der Waals surface area contributed by atoms with Gasteiger partial charge in [-0.15, -0.1) is 0 Å². The largest absolute Gasteiger partial charge is 0.324 e. The Morgan fingerprint density at radius 1 is 1.07 bits per heavy atom. The summed E-state index contributed by atoms with van der Waals surface area (Å²) in [6.07, 6.45) is 2.15. The molecule has 2 rings (SSSR count). The highest BCUT2D eigenvalue weighted by molar-refractivity contribution is 7.90. The number of hydrogen-bond acceptors (Lipinski definition) is 4. The van der Waals surface area contributed by atoms with Crippen LogP contribution in [0.1, 0.15) is 37.9 Å². The van der Waals surface area contributed by atoms with Gasteiger partial charge in [-0.3, -0.25) is 4.79 Å². The van der Waals surface area contributed by atoms with E-state index in [2.05, 4.69) is 48.7 Å². The molecule has 0 spiro atoms. The smallest absolute Gasteiger partial charge is 0.238 e. The molecule has 7 heteroatoms. The topological polar surface area (TPSA) is 75.3 Å². The standard InChI is InChI=1S/C21H27ClN2O3S/c1-14(2)11-16-5-7-17(8-6-16)15(3)23-13-21(25)24-20-12-18(28(4,26)27)9-10-19(20)22/h5-10,12,14-15,23H,11,13H2,1-4H3,(H,24,25)/t15-/m1/s1. The SMILES string of the molecule is CC(C)Cc1ccc([C@@H](C)NCC(=O)Nc2cc(S(C)(=O)=O)ccc2Cl)cc1. The Balaban J connectivity index is 1.95. The van der Waals surface area contributed by atoms with Crippen molar-refractivity contribution < 1.29 is 13.2 Å². The zero-order valence-electron chi connectivity index (χ0n) is 16.6. The van der Waals surface area contributed by atoms with Gasteiger partial charge in [0.15, 0.2) is 9.84 Å². The summed E-state index contributed by atoms with van der Waals surface area (Å²) in [6, 6.07) is 12.6. The number of sulfone groups is 1. The molecule has 1 amide bonds. The molecule has 0 aromatic heterocycles. The summed E-state index contributed by atoms with van der Waals surface area (Å²) in [5.41, 5.74) is 2.67. The monoisotopic (exact) mass is 422 g/mol. The average Bonchev–Trinajstić information content (AvgIpc) is 2.60. The van der Waals surface area contributed by atoms with Crippen LogP contribution in [0.2, 0.25) is 5.02 Å². The Bertz CT molecular complexity index is 925. The molecule has 0 saturated carbocycles. The van der Waals surface area contributed by atoms with Crippen LogP contribution in [0.15, 0.2) is 47.4 Å². The summed E-state index contributed by atoms with van der Waals surface area (Å²) < 4.78 is 23.3. The predicted octanol–water partition coefficient (Wildman–Crippen LogP) is 4.23. The van der Waals surface area contributed by atoms with Gasteiger partial charge >= 0.3 is 0 Å². The van der Waals surface area contributed by atoms with Crippen LogP contribution in [0.5, 0.6) is 0 Å². The van der Waals surface area contributed by atoms with Gasteiger partial charge in [0.1, 0.15) is 0 Å². The molecule has 2 aromatic carbocycles. The molecule has 0 radical (unpaired) electrons. The molecule has 5 nitrogen and oxygen atoms in total. The maximum absolute atomic E-state index is 12.3. The first-order valence-corrected chi connectivity index (χ1v) is 11.4. The molecular weight excluding hydrogens is 396 g/mol. The highest BCUT2D eigenvalue weighted by atomic mass is 35.5. The van der Waals surface area contributed by atoms with E-state index in [0.29, 0.717) is 5.92 Å².